The summed E-state index contributed by atoms with van der Waals surface area (Å²) in [6.45, 7) is 5.48. The van der Waals surface area contributed by atoms with Crippen molar-refractivity contribution in [3.05, 3.63) is 94.0 Å². The van der Waals surface area contributed by atoms with E-state index in [-0.39, 0.29) is 33.1 Å². The minimum atomic E-state index is -4.22. The maximum Gasteiger partial charge on any atom is 0.264 e. The quantitative estimate of drug-likeness (QED) is 0.330. The van der Waals surface area contributed by atoms with Crippen LogP contribution in [0.15, 0.2) is 77.7 Å². The zero-order valence-electron chi connectivity index (χ0n) is 21.5. The monoisotopic (exact) mass is 575 g/mol. The summed E-state index contributed by atoms with van der Waals surface area (Å²) in [5.41, 5.74) is 1.89. The van der Waals surface area contributed by atoms with E-state index in [9.17, 15) is 18.0 Å². The Bertz CT molecular complexity index is 1380. The molecule has 0 spiro atoms. The van der Waals surface area contributed by atoms with Crippen LogP contribution in [0, 0.1) is 6.92 Å². The number of aryl methyl sites for hydroxylation is 1. The number of carbonyl (C=O) groups excluding carboxylic acids is 2. The molecule has 38 heavy (non-hydrogen) atoms. The molecule has 0 aliphatic heterocycles. The van der Waals surface area contributed by atoms with E-state index in [1.807, 2.05) is 38.1 Å². The fourth-order valence-corrected chi connectivity index (χ4v) is 6.03. The Balaban J connectivity index is 2.10. The van der Waals surface area contributed by atoms with E-state index in [1.165, 1.54) is 29.2 Å². The number of nitrogens with zero attached hydrogens (tertiary/aromatic N) is 2. The summed E-state index contributed by atoms with van der Waals surface area (Å²) in [6, 6.07) is 19.2. The van der Waals surface area contributed by atoms with Crippen molar-refractivity contribution in [2.24, 2.45) is 0 Å². The lowest BCUT2D eigenvalue weighted by Gasteiger charge is -2.33. The molecule has 3 aromatic carbocycles. The highest BCUT2D eigenvalue weighted by atomic mass is 35.5. The highest BCUT2D eigenvalue weighted by Gasteiger charge is 2.34. The lowest BCUT2D eigenvalue weighted by atomic mass is 10.1. The summed E-state index contributed by atoms with van der Waals surface area (Å²) in [5, 5.41) is 2.93. The number of carbonyl (C=O) groups is 2. The van der Waals surface area contributed by atoms with E-state index in [0.717, 1.165) is 15.4 Å². The number of sulfonamides is 1. The van der Waals surface area contributed by atoms with E-state index >= 15 is 0 Å². The molecule has 0 heterocycles. The summed E-state index contributed by atoms with van der Waals surface area (Å²) >= 11 is 12.7. The van der Waals surface area contributed by atoms with Crippen LogP contribution in [0.5, 0.6) is 0 Å². The van der Waals surface area contributed by atoms with Crippen molar-refractivity contribution in [3.63, 3.8) is 0 Å². The second kappa shape index (κ2) is 13.1. The zero-order valence-corrected chi connectivity index (χ0v) is 23.9. The molecule has 3 aromatic rings. The molecule has 3 rings (SSSR count). The summed E-state index contributed by atoms with van der Waals surface area (Å²) in [7, 11) is -4.22. The molecule has 1 atom stereocenters. The summed E-state index contributed by atoms with van der Waals surface area (Å²) in [6.07, 6.45) is 0.340. The van der Waals surface area contributed by atoms with Crippen LogP contribution < -0.4 is 9.62 Å². The number of amides is 2. The molecule has 0 aromatic heterocycles. The number of likely N-dealkylation sites (N-methyl/N-ethyl adjacent to an activating group) is 1. The predicted molar refractivity (Wildman–Crippen MR) is 152 cm³/mol. The van der Waals surface area contributed by atoms with Crippen LogP contribution in [0.4, 0.5) is 5.69 Å². The molecule has 7 nitrogen and oxygen atoms in total. The third-order valence-corrected chi connectivity index (χ3v) is 8.57. The van der Waals surface area contributed by atoms with Crippen LogP contribution in [0.1, 0.15) is 31.4 Å². The Morgan fingerprint density at radius 1 is 0.947 bits per heavy atom. The molecular weight excluding hydrogens is 545 g/mol. The van der Waals surface area contributed by atoms with E-state index in [2.05, 4.69) is 5.32 Å². The molecule has 0 saturated carbocycles. The fraction of sp³-hybridized carbons (Fsp3) is 0.286. The van der Waals surface area contributed by atoms with Crippen molar-refractivity contribution in [2.45, 2.75) is 44.7 Å². The molecule has 10 heteroatoms. The van der Waals surface area contributed by atoms with Gasteiger partial charge in [-0.05, 0) is 50.1 Å². The first-order valence-corrected chi connectivity index (χ1v) is 14.4. The zero-order chi connectivity index (χ0) is 27.9. The van der Waals surface area contributed by atoms with E-state index in [4.69, 9.17) is 23.2 Å². The number of nitrogens with one attached hydrogen (secondary N) is 1. The Morgan fingerprint density at radius 3 is 2.26 bits per heavy atom. The Hall–Kier alpha value is -3.07. The van der Waals surface area contributed by atoms with Gasteiger partial charge in [-0.2, -0.15) is 0 Å². The van der Waals surface area contributed by atoms with Crippen LogP contribution >= 0.6 is 23.2 Å². The number of hydrogen-bond acceptors (Lipinski definition) is 4. The van der Waals surface area contributed by atoms with E-state index in [1.54, 1.807) is 31.2 Å². The predicted octanol–water partition coefficient (Wildman–Crippen LogP) is 5.44. The smallest absolute Gasteiger partial charge is 0.264 e. The Kier molecular flexibility index (Phi) is 10.2. The van der Waals surface area contributed by atoms with Crippen molar-refractivity contribution in [1.82, 2.24) is 10.2 Å². The maximum atomic E-state index is 14.0. The molecule has 0 radical (unpaired) electrons. The van der Waals surface area contributed by atoms with Gasteiger partial charge < -0.3 is 10.2 Å². The first-order chi connectivity index (χ1) is 18.1. The molecule has 0 bridgehead atoms. The molecule has 1 N–H and O–H groups in total. The van der Waals surface area contributed by atoms with Crippen molar-refractivity contribution < 1.29 is 18.0 Å². The van der Waals surface area contributed by atoms with Crippen LogP contribution in [-0.4, -0.2) is 44.3 Å². The summed E-state index contributed by atoms with van der Waals surface area (Å²) in [4.78, 5) is 28.4. The number of anilines is 1. The Labute approximate surface area is 234 Å². The van der Waals surface area contributed by atoms with Gasteiger partial charge in [0.15, 0.2) is 0 Å². The SMILES string of the molecule is CCNC(=O)[C@H](CC)N(Cc1cccc(C)c1)C(=O)CN(c1cccc(Cl)c1Cl)S(=O)(=O)c1ccccc1. The van der Waals surface area contributed by atoms with Gasteiger partial charge in [-0.1, -0.05) is 84.2 Å². The lowest BCUT2D eigenvalue weighted by Crippen LogP contribution is -2.52. The van der Waals surface area contributed by atoms with Gasteiger partial charge in [0.2, 0.25) is 11.8 Å². The highest BCUT2D eigenvalue weighted by molar-refractivity contribution is 7.92. The lowest BCUT2D eigenvalue weighted by molar-refractivity contribution is -0.140. The minimum absolute atomic E-state index is 0.00229. The van der Waals surface area contributed by atoms with Crippen molar-refractivity contribution in [3.8, 4) is 0 Å². The van der Waals surface area contributed by atoms with Gasteiger partial charge >= 0.3 is 0 Å². The van der Waals surface area contributed by atoms with E-state index in [0.29, 0.717) is 13.0 Å². The summed E-state index contributed by atoms with van der Waals surface area (Å²) < 4.78 is 28.6. The van der Waals surface area contributed by atoms with Crippen LogP contribution in [0.25, 0.3) is 0 Å². The van der Waals surface area contributed by atoms with Gasteiger partial charge in [-0.3, -0.25) is 13.9 Å². The highest BCUT2D eigenvalue weighted by Crippen LogP contribution is 2.35. The third kappa shape index (κ3) is 6.87. The van der Waals surface area contributed by atoms with Gasteiger partial charge in [0.05, 0.1) is 20.6 Å². The second-order valence-electron chi connectivity index (χ2n) is 8.73. The average molecular weight is 577 g/mol. The normalized spacial score (nSPS) is 12.0. The minimum Gasteiger partial charge on any atom is -0.355 e. The van der Waals surface area contributed by atoms with Crippen molar-refractivity contribution in [1.29, 1.82) is 0 Å². The topological polar surface area (TPSA) is 86.8 Å². The van der Waals surface area contributed by atoms with Gasteiger partial charge in [0.25, 0.3) is 10.0 Å². The molecule has 0 aliphatic carbocycles. The Morgan fingerprint density at radius 2 is 1.63 bits per heavy atom. The standard InChI is InChI=1S/C28H31Cl2N3O4S/c1-4-24(28(35)31-5-2)32(18-21-12-9-11-20(3)17-21)26(34)19-33(25-16-10-15-23(29)27(25)30)38(36,37)22-13-7-6-8-14-22/h6-17,24H,4-5,18-19H2,1-3H3,(H,31,35)/t24-/m0/s1. The second-order valence-corrected chi connectivity index (χ2v) is 11.4. The van der Waals surface area contributed by atoms with Crippen molar-refractivity contribution >= 4 is 50.7 Å². The number of rotatable bonds is 11. The molecule has 2 amide bonds. The number of halogens is 2. The molecule has 0 fully saturated rings. The molecule has 0 saturated heterocycles. The number of hydrogen-bond donors (Lipinski definition) is 1. The maximum absolute atomic E-state index is 14.0. The molecular formula is C28H31Cl2N3O4S. The molecule has 202 valence electrons. The average Bonchev–Trinajstić information content (AvgIpc) is 2.89. The third-order valence-electron chi connectivity index (χ3n) is 5.98. The van der Waals surface area contributed by atoms with Gasteiger partial charge in [0.1, 0.15) is 12.6 Å². The fourth-order valence-electron chi connectivity index (χ4n) is 4.14. The van der Waals surface area contributed by atoms with Gasteiger partial charge in [-0.25, -0.2) is 8.42 Å². The first-order valence-electron chi connectivity index (χ1n) is 12.2. The van der Waals surface area contributed by atoms with Crippen molar-refractivity contribution in [2.75, 3.05) is 17.4 Å². The van der Waals surface area contributed by atoms with Crippen LogP contribution in [0.2, 0.25) is 10.0 Å². The summed E-state index contributed by atoms with van der Waals surface area (Å²) in [5.74, 6) is -0.866. The largest absolute Gasteiger partial charge is 0.355 e. The number of benzene rings is 3. The molecule has 0 aliphatic rings. The molecule has 0 unspecified atom stereocenters. The van der Waals surface area contributed by atoms with Crippen LogP contribution in [-0.2, 0) is 26.2 Å². The van der Waals surface area contributed by atoms with Gasteiger partial charge in [-0.15, -0.1) is 0 Å². The first kappa shape index (κ1) is 29.5. The van der Waals surface area contributed by atoms with Crippen LogP contribution in [0.3, 0.4) is 0 Å². The van der Waals surface area contributed by atoms with E-state index < -0.39 is 28.5 Å². The van der Waals surface area contributed by atoms with Gasteiger partial charge in [0, 0.05) is 13.1 Å².